The lowest BCUT2D eigenvalue weighted by molar-refractivity contribution is 1.10. The average molecular weight is 709 g/mol. The van der Waals surface area contributed by atoms with Crippen LogP contribution in [0.1, 0.15) is 0 Å². The molecular formula is C49H28N2S2. The van der Waals surface area contributed by atoms with Gasteiger partial charge in [-0.25, -0.2) is 4.98 Å². The standard InChI is InChI=1S/C49H28N2S2/c1-2-13-29(14-3-1)30-15-12-16-31(27-30)47-46-37-21-8-10-23-40(37)52-42(46)28-43(50-47)51-39-22-9-6-17-32(39)34-25-26-38-44(48(34)51)33-18-4-5-19-35(33)49-45(38)36-20-7-11-24-41(36)53-49/h1-28H. The van der Waals surface area contributed by atoms with Gasteiger partial charge in [-0.2, -0.15) is 0 Å². The predicted octanol–water partition coefficient (Wildman–Crippen LogP) is 14.6. The summed E-state index contributed by atoms with van der Waals surface area (Å²) in [5.74, 6) is 0.933. The lowest BCUT2D eigenvalue weighted by atomic mass is 9.95. The highest BCUT2D eigenvalue weighted by Crippen LogP contribution is 2.48. The summed E-state index contributed by atoms with van der Waals surface area (Å²) in [6.07, 6.45) is 0. The fourth-order valence-corrected chi connectivity index (χ4v) is 11.1. The molecule has 0 fully saturated rings. The third-order valence-corrected chi connectivity index (χ3v) is 13.3. The zero-order chi connectivity index (χ0) is 34.6. The third-order valence-electron chi connectivity index (χ3n) is 11.0. The summed E-state index contributed by atoms with van der Waals surface area (Å²) in [5.41, 5.74) is 6.87. The molecule has 0 saturated heterocycles. The number of para-hydroxylation sites is 1. The maximum Gasteiger partial charge on any atom is 0.139 e. The van der Waals surface area contributed by atoms with E-state index in [-0.39, 0.29) is 0 Å². The smallest absolute Gasteiger partial charge is 0.139 e. The fraction of sp³-hybridized carbons (Fsp3) is 0. The molecule has 0 aliphatic heterocycles. The monoisotopic (exact) mass is 708 g/mol. The minimum absolute atomic E-state index is 0.933. The summed E-state index contributed by atoms with van der Waals surface area (Å²) in [5, 5.41) is 12.7. The van der Waals surface area contributed by atoms with E-state index in [0.29, 0.717) is 0 Å². The lowest BCUT2D eigenvalue weighted by Gasteiger charge is -2.15. The van der Waals surface area contributed by atoms with Crippen LogP contribution >= 0.6 is 22.7 Å². The molecular weight excluding hydrogens is 681 g/mol. The van der Waals surface area contributed by atoms with Crippen LogP contribution in [-0.4, -0.2) is 9.55 Å². The van der Waals surface area contributed by atoms with Gasteiger partial charge in [0.1, 0.15) is 5.82 Å². The van der Waals surface area contributed by atoms with Crippen molar-refractivity contribution in [2.45, 2.75) is 0 Å². The van der Waals surface area contributed by atoms with Crippen LogP contribution in [0.5, 0.6) is 0 Å². The van der Waals surface area contributed by atoms with Crippen LogP contribution < -0.4 is 0 Å². The van der Waals surface area contributed by atoms with E-state index in [4.69, 9.17) is 4.98 Å². The number of benzene rings is 8. The van der Waals surface area contributed by atoms with Gasteiger partial charge in [0.25, 0.3) is 0 Å². The molecule has 2 nitrogen and oxygen atoms in total. The Morgan fingerprint density at radius 3 is 1.83 bits per heavy atom. The zero-order valence-electron chi connectivity index (χ0n) is 28.4. The molecule has 53 heavy (non-hydrogen) atoms. The molecule has 4 heteroatoms. The lowest BCUT2D eigenvalue weighted by Crippen LogP contribution is -2.00. The molecule has 0 aliphatic carbocycles. The van der Waals surface area contributed by atoms with Crippen molar-refractivity contribution in [1.29, 1.82) is 0 Å². The molecule has 12 rings (SSSR count). The van der Waals surface area contributed by atoms with Crippen molar-refractivity contribution in [3.63, 3.8) is 0 Å². The molecule has 246 valence electrons. The van der Waals surface area contributed by atoms with E-state index < -0.39 is 0 Å². The molecule has 0 atom stereocenters. The highest BCUT2D eigenvalue weighted by molar-refractivity contribution is 7.27. The van der Waals surface area contributed by atoms with E-state index in [1.807, 2.05) is 22.7 Å². The Hall–Kier alpha value is -6.33. The van der Waals surface area contributed by atoms with E-state index in [1.165, 1.54) is 89.3 Å². The number of pyridine rings is 1. The van der Waals surface area contributed by atoms with Crippen LogP contribution in [0.15, 0.2) is 170 Å². The van der Waals surface area contributed by atoms with E-state index in [9.17, 15) is 0 Å². The number of fused-ring (bicyclic) bond motifs is 15. The maximum atomic E-state index is 5.73. The number of nitrogens with zero attached hydrogens (tertiary/aromatic N) is 2. The van der Waals surface area contributed by atoms with Gasteiger partial charge in [0.2, 0.25) is 0 Å². The first-order valence-electron chi connectivity index (χ1n) is 18.0. The summed E-state index contributed by atoms with van der Waals surface area (Å²) < 4.78 is 7.63. The maximum absolute atomic E-state index is 5.73. The number of hydrogen-bond acceptors (Lipinski definition) is 3. The second-order valence-corrected chi connectivity index (χ2v) is 16.0. The molecule has 0 bridgehead atoms. The largest absolute Gasteiger partial charge is 0.293 e. The van der Waals surface area contributed by atoms with Gasteiger partial charge in [-0.1, -0.05) is 140 Å². The molecule has 0 N–H and O–H groups in total. The molecule has 0 spiro atoms. The number of hydrogen-bond donors (Lipinski definition) is 0. The Bertz CT molecular complexity index is 3460. The Labute approximate surface area is 312 Å². The predicted molar refractivity (Wildman–Crippen MR) is 230 cm³/mol. The summed E-state index contributed by atoms with van der Waals surface area (Å²) >= 11 is 3.75. The number of aromatic nitrogens is 2. The molecule has 8 aromatic carbocycles. The Morgan fingerprint density at radius 2 is 1.00 bits per heavy atom. The van der Waals surface area contributed by atoms with E-state index >= 15 is 0 Å². The minimum Gasteiger partial charge on any atom is -0.293 e. The average Bonchev–Trinajstić information content (AvgIpc) is 3.91. The minimum atomic E-state index is 0.933. The van der Waals surface area contributed by atoms with E-state index in [1.54, 1.807) is 0 Å². The topological polar surface area (TPSA) is 17.8 Å². The third kappa shape index (κ3) is 4.16. The molecule has 0 unspecified atom stereocenters. The van der Waals surface area contributed by atoms with Crippen molar-refractivity contribution in [3.05, 3.63) is 170 Å². The van der Waals surface area contributed by atoms with Crippen LogP contribution in [0.4, 0.5) is 0 Å². The highest BCUT2D eigenvalue weighted by atomic mass is 32.1. The van der Waals surface area contributed by atoms with Crippen LogP contribution in [-0.2, 0) is 0 Å². The van der Waals surface area contributed by atoms with Crippen LogP contribution in [0.2, 0.25) is 0 Å². The molecule has 12 aromatic rings. The van der Waals surface area contributed by atoms with Gasteiger partial charge in [-0.15, -0.1) is 22.7 Å². The van der Waals surface area contributed by atoms with Gasteiger partial charge in [-0.3, -0.25) is 4.57 Å². The highest BCUT2D eigenvalue weighted by Gasteiger charge is 2.23. The van der Waals surface area contributed by atoms with Gasteiger partial charge in [0.15, 0.2) is 0 Å². The quantitative estimate of drug-likeness (QED) is 0.167. The van der Waals surface area contributed by atoms with Gasteiger partial charge in [-0.05, 0) is 52.2 Å². The Morgan fingerprint density at radius 1 is 0.377 bits per heavy atom. The van der Waals surface area contributed by atoms with Crippen molar-refractivity contribution in [2.24, 2.45) is 0 Å². The second kappa shape index (κ2) is 11.1. The molecule has 4 aromatic heterocycles. The van der Waals surface area contributed by atoms with Crippen LogP contribution in [0.25, 0.3) is 112 Å². The summed E-state index contributed by atoms with van der Waals surface area (Å²) in [6.45, 7) is 0. The van der Waals surface area contributed by atoms with Crippen molar-refractivity contribution in [1.82, 2.24) is 9.55 Å². The SMILES string of the molecule is c1ccc(-c2cccc(-c3nc(-n4c5ccccc5c5ccc6c7c8ccccc8sc7c7ccccc7c6c54)cc4sc5ccccc5c34)c2)cc1. The second-order valence-electron chi connectivity index (χ2n) is 13.8. The number of thiophene rings is 2. The van der Waals surface area contributed by atoms with Gasteiger partial charge < -0.3 is 0 Å². The summed E-state index contributed by atoms with van der Waals surface area (Å²) in [7, 11) is 0. The van der Waals surface area contributed by atoms with Gasteiger partial charge >= 0.3 is 0 Å². The zero-order valence-corrected chi connectivity index (χ0v) is 30.0. The molecule has 0 aliphatic rings. The van der Waals surface area contributed by atoms with E-state index in [2.05, 4.69) is 174 Å². The first-order chi connectivity index (χ1) is 26.3. The normalized spacial score (nSPS) is 12.2. The first-order valence-corrected chi connectivity index (χ1v) is 19.6. The molecule has 0 radical (unpaired) electrons. The van der Waals surface area contributed by atoms with Gasteiger partial charge in [0.05, 0.1) is 16.7 Å². The first kappa shape index (κ1) is 29.3. The van der Waals surface area contributed by atoms with Crippen molar-refractivity contribution >= 4 is 106 Å². The van der Waals surface area contributed by atoms with Crippen molar-refractivity contribution in [2.75, 3.05) is 0 Å². The Balaban J connectivity index is 1.26. The summed E-state index contributed by atoms with van der Waals surface area (Å²) in [4.78, 5) is 5.73. The Kier molecular flexibility index (Phi) is 6.12. The summed E-state index contributed by atoms with van der Waals surface area (Å²) in [6, 6.07) is 62.0. The van der Waals surface area contributed by atoms with Gasteiger partial charge in [0, 0.05) is 67.5 Å². The van der Waals surface area contributed by atoms with Crippen LogP contribution in [0.3, 0.4) is 0 Å². The molecule has 0 saturated carbocycles. The molecule has 4 heterocycles. The van der Waals surface area contributed by atoms with Crippen molar-refractivity contribution in [3.8, 4) is 28.2 Å². The van der Waals surface area contributed by atoms with Crippen molar-refractivity contribution < 1.29 is 0 Å². The number of rotatable bonds is 3. The van der Waals surface area contributed by atoms with E-state index in [0.717, 1.165) is 22.6 Å². The fourth-order valence-electron chi connectivity index (χ4n) is 8.71. The molecule has 0 amide bonds. The van der Waals surface area contributed by atoms with Crippen LogP contribution in [0, 0.1) is 0 Å².